The fraction of sp³-hybridized carbons (Fsp3) is 0.538. The highest BCUT2D eigenvalue weighted by Gasteiger charge is 2.48. The minimum absolute atomic E-state index is 0.0834. The van der Waals surface area contributed by atoms with Crippen LogP contribution in [0.25, 0.3) is 0 Å². The van der Waals surface area contributed by atoms with Gasteiger partial charge in [-0.3, -0.25) is 4.67 Å². The van der Waals surface area contributed by atoms with Gasteiger partial charge >= 0.3 is 5.97 Å². The summed E-state index contributed by atoms with van der Waals surface area (Å²) >= 11 is 0. The number of ether oxygens (including phenoxy) is 1. The Bertz CT molecular complexity index is 334. The van der Waals surface area contributed by atoms with E-state index >= 15 is 0 Å². The van der Waals surface area contributed by atoms with Gasteiger partial charge in [-0.15, -0.1) is 6.58 Å². The van der Waals surface area contributed by atoms with Crippen molar-refractivity contribution >= 4 is 20.6 Å². The summed E-state index contributed by atoms with van der Waals surface area (Å²) in [5.41, 5.74) is 0.525. The molecule has 94 valence electrons. The van der Waals surface area contributed by atoms with E-state index in [0.717, 1.165) is 34.3 Å². The predicted octanol–water partition coefficient (Wildman–Crippen LogP) is 2.67. The van der Waals surface area contributed by atoms with Crippen LogP contribution in [0.1, 0.15) is 19.8 Å². The molecule has 1 rings (SSSR count). The first-order valence-corrected chi connectivity index (χ1v) is 6.82. The molecule has 0 saturated heterocycles. The fourth-order valence-electron chi connectivity index (χ4n) is 1.81. The smallest absolute Gasteiger partial charge is 0.334 e. The Balaban J connectivity index is 2.62. The van der Waals surface area contributed by atoms with Crippen LogP contribution in [0.15, 0.2) is 24.8 Å². The van der Waals surface area contributed by atoms with Crippen molar-refractivity contribution in [2.75, 3.05) is 19.7 Å². The second-order valence-corrected chi connectivity index (χ2v) is 5.11. The average molecular weight is 253 g/mol. The molecular formula is C13H20NO2P. The van der Waals surface area contributed by atoms with Crippen LogP contribution in [0, 0.1) is 5.41 Å². The summed E-state index contributed by atoms with van der Waals surface area (Å²) in [6, 6.07) is 0. The molecule has 1 saturated carbocycles. The van der Waals surface area contributed by atoms with Crippen molar-refractivity contribution < 1.29 is 9.53 Å². The van der Waals surface area contributed by atoms with E-state index in [4.69, 9.17) is 4.74 Å². The lowest BCUT2D eigenvalue weighted by atomic mass is 9.97. The van der Waals surface area contributed by atoms with Crippen molar-refractivity contribution in [1.82, 2.24) is 4.67 Å². The van der Waals surface area contributed by atoms with E-state index in [0.29, 0.717) is 12.2 Å². The van der Waals surface area contributed by atoms with Gasteiger partial charge in [-0.1, -0.05) is 19.0 Å². The monoisotopic (exact) mass is 253 g/mol. The third-order valence-electron chi connectivity index (χ3n) is 3.04. The van der Waals surface area contributed by atoms with E-state index in [2.05, 4.69) is 24.1 Å². The Morgan fingerprint density at radius 1 is 1.59 bits per heavy atom. The molecule has 0 atom stereocenters. The molecule has 1 aliphatic carbocycles. The van der Waals surface area contributed by atoms with Crippen LogP contribution in [0.5, 0.6) is 0 Å². The number of hydrogen-bond donors (Lipinski definition) is 0. The van der Waals surface area contributed by atoms with Gasteiger partial charge in [0, 0.05) is 24.1 Å². The highest BCUT2D eigenvalue weighted by Crippen LogP contribution is 2.52. The van der Waals surface area contributed by atoms with Gasteiger partial charge in [0.25, 0.3) is 0 Å². The number of nitrogens with zero attached hydrogens (tertiary/aromatic N) is 1. The quantitative estimate of drug-likeness (QED) is 0.288. The Labute approximate surface area is 105 Å². The molecule has 0 amide bonds. The molecule has 3 nitrogen and oxygen atoms in total. The Morgan fingerprint density at radius 2 is 2.24 bits per heavy atom. The molecular weight excluding hydrogens is 233 g/mol. The van der Waals surface area contributed by atoms with Gasteiger partial charge in [0.2, 0.25) is 0 Å². The van der Waals surface area contributed by atoms with E-state index < -0.39 is 0 Å². The number of carbonyl (C=O) groups excluding carboxylic acids is 1. The van der Waals surface area contributed by atoms with Crippen LogP contribution in [0.4, 0.5) is 0 Å². The maximum absolute atomic E-state index is 11.7. The molecule has 0 aromatic carbocycles. The standard InChI is InChI=1S/C13H20NO2P/c1-5-9-14(17-4)10-13(7-8-13)11(3)12(15)16-6-2/h5H,1,3-4,6-10H2,2H3. The van der Waals surface area contributed by atoms with Gasteiger partial charge in [0.15, 0.2) is 0 Å². The maximum Gasteiger partial charge on any atom is 0.334 e. The Hall–Kier alpha value is -0.920. The summed E-state index contributed by atoms with van der Waals surface area (Å²) in [5.74, 6) is -0.260. The maximum atomic E-state index is 11.7. The highest BCUT2D eigenvalue weighted by atomic mass is 31.1. The highest BCUT2D eigenvalue weighted by molar-refractivity contribution is 7.33. The van der Waals surface area contributed by atoms with Crippen molar-refractivity contribution in [3.05, 3.63) is 24.8 Å². The van der Waals surface area contributed by atoms with E-state index in [1.165, 1.54) is 0 Å². The summed E-state index contributed by atoms with van der Waals surface area (Å²) in [7, 11) is 0.949. The fourth-order valence-corrected chi connectivity index (χ4v) is 2.41. The van der Waals surface area contributed by atoms with E-state index in [1.54, 1.807) is 0 Å². The number of esters is 1. The lowest BCUT2D eigenvalue weighted by molar-refractivity contribution is -0.139. The first-order chi connectivity index (χ1) is 8.09. The molecule has 17 heavy (non-hydrogen) atoms. The zero-order chi connectivity index (χ0) is 12.9. The number of carbonyl (C=O) groups is 1. The third-order valence-corrected chi connectivity index (χ3v) is 3.75. The molecule has 0 unspecified atom stereocenters. The van der Waals surface area contributed by atoms with Gasteiger partial charge < -0.3 is 4.74 Å². The third kappa shape index (κ3) is 3.52. The Kier molecular flexibility index (Phi) is 5.10. The van der Waals surface area contributed by atoms with Crippen LogP contribution in [0.3, 0.4) is 0 Å². The normalized spacial score (nSPS) is 16.8. The molecule has 0 aromatic rings. The topological polar surface area (TPSA) is 29.5 Å². The first kappa shape index (κ1) is 14.1. The molecule has 0 radical (unpaired) electrons. The average Bonchev–Trinajstić information content (AvgIpc) is 3.09. The number of rotatable bonds is 8. The molecule has 0 aromatic heterocycles. The van der Waals surface area contributed by atoms with E-state index in [1.807, 2.05) is 13.0 Å². The lowest BCUT2D eigenvalue weighted by Gasteiger charge is -2.23. The summed E-state index contributed by atoms with van der Waals surface area (Å²) < 4.78 is 7.15. The van der Waals surface area contributed by atoms with E-state index in [-0.39, 0.29) is 11.4 Å². The van der Waals surface area contributed by atoms with Crippen LogP contribution in [-0.4, -0.2) is 36.6 Å². The van der Waals surface area contributed by atoms with Gasteiger partial charge in [-0.25, -0.2) is 4.79 Å². The first-order valence-electron chi connectivity index (χ1n) is 5.78. The molecule has 0 aliphatic heterocycles. The van der Waals surface area contributed by atoms with Crippen LogP contribution in [0.2, 0.25) is 0 Å². The minimum Gasteiger partial charge on any atom is -0.463 e. The SMILES string of the molecule is C=CCN(CC1(C(=C)C(=O)OCC)CC1)P=C. The molecule has 1 aliphatic rings. The van der Waals surface area contributed by atoms with Gasteiger partial charge in [0.05, 0.1) is 6.61 Å². The molecule has 4 heteroatoms. The number of hydrogen-bond acceptors (Lipinski definition) is 3. The molecule has 1 fully saturated rings. The van der Waals surface area contributed by atoms with Crippen molar-refractivity contribution in [2.24, 2.45) is 5.41 Å². The van der Waals surface area contributed by atoms with Crippen molar-refractivity contribution in [1.29, 1.82) is 0 Å². The van der Waals surface area contributed by atoms with Gasteiger partial charge in [-0.05, 0) is 28.1 Å². The molecule has 0 bridgehead atoms. The van der Waals surface area contributed by atoms with Crippen LogP contribution < -0.4 is 0 Å². The van der Waals surface area contributed by atoms with E-state index in [9.17, 15) is 4.79 Å². The van der Waals surface area contributed by atoms with Crippen molar-refractivity contribution in [3.63, 3.8) is 0 Å². The Morgan fingerprint density at radius 3 is 2.65 bits per heavy atom. The molecule has 0 N–H and O–H groups in total. The second-order valence-electron chi connectivity index (χ2n) is 4.26. The molecule has 0 heterocycles. The van der Waals surface area contributed by atoms with Crippen LogP contribution >= 0.6 is 8.35 Å². The zero-order valence-electron chi connectivity index (χ0n) is 10.4. The summed E-state index contributed by atoms with van der Waals surface area (Å²) in [6.07, 6.45) is 7.73. The second kappa shape index (κ2) is 6.13. The lowest BCUT2D eigenvalue weighted by Crippen LogP contribution is -2.27. The minimum atomic E-state index is -0.260. The van der Waals surface area contributed by atoms with Gasteiger partial charge in [0.1, 0.15) is 0 Å². The zero-order valence-corrected chi connectivity index (χ0v) is 11.3. The van der Waals surface area contributed by atoms with Crippen molar-refractivity contribution in [3.8, 4) is 0 Å². The van der Waals surface area contributed by atoms with Gasteiger partial charge in [-0.2, -0.15) is 0 Å². The summed E-state index contributed by atoms with van der Waals surface area (Å²) in [6.45, 7) is 11.4. The largest absolute Gasteiger partial charge is 0.463 e. The summed E-state index contributed by atoms with van der Waals surface area (Å²) in [4.78, 5) is 11.7. The van der Waals surface area contributed by atoms with Crippen molar-refractivity contribution in [2.45, 2.75) is 19.8 Å². The van der Waals surface area contributed by atoms with Crippen LogP contribution in [-0.2, 0) is 9.53 Å². The predicted molar refractivity (Wildman–Crippen MR) is 73.3 cm³/mol. The molecule has 0 spiro atoms. The summed E-state index contributed by atoms with van der Waals surface area (Å²) in [5, 5.41) is 0.